The van der Waals surface area contributed by atoms with Gasteiger partial charge in [-0.3, -0.25) is 14.7 Å². The van der Waals surface area contributed by atoms with Gasteiger partial charge in [0, 0.05) is 23.2 Å². The molecule has 2 fully saturated rings. The second-order valence-electron chi connectivity index (χ2n) is 13.4. The van der Waals surface area contributed by atoms with Crippen molar-refractivity contribution in [2.75, 3.05) is 18.9 Å². The Morgan fingerprint density at radius 3 is 2.39 bits per heavy atom. The third-order valence-electron chi connectivity index (χ3n) is 8.96. The first-order valence-corrected chi connectivity index (χ1v) is 16.6. The number of hydrogen-bond donors (Lipinski definition) is 2. The lowest BCUT2D eigenvalue weighted by molar-refractivity contribution is -0.121. The number of carbonyl (C=O) groups excluding carboxylic acids is 3. The maximum atomic E-state index is 13.0. The predicted molar refractivity (Wildman–Crippen MR) is 183 cm³/mol. The standard InChI is InChI=1S/C21H29N3O.C15H29NO3/c1-4-15-14-17(10-11-19(15)22-2)23-21(25)20-18(12-13-24(20)3)16-8-6-5-7-9-16;1-6-12(11-17)9-8-10-13(7-2)16-14(18)19-15(3,4)5/h4,10-11,14,16,18,20H,1-2,5-9,12-13H2,3H3,(H,23,25);11-13H,6-10H2,1-5H3,(H,16,18). The maximum Gasteiger partial charge on any atom is 0.407 e. The minimum Gasteiger partial charge on any atom is -0.444 e. The molecule has 44 heavy (non-hydrogen) atoms. The van der Waals surface area contributed by atoms with Crippen LogP contribution in [0, 0.1) is 17.8 Å². The van der Waals surface area contributed by atoms with E-state index in [1.807, 2.05) is 52.8 Å². The molecule has 1 saturated carbocycles. The van der Waals surface area contributed by atoms with Gasteiger partial charge in [0.25, 0.3) is 0 Å². The summed E-state index contributed by atoms with van der Waals surface area (Å²) in [5.41, 5.74) is 2.00. The Hall–Kier alpha value is -3.00. The number of rotatable bonds is 13. The zero-order chi connectivity index (χ0) is 32.7. The fourth-order valence-electron chi connectivity index (χ4n) is 6.43. The van der Waals surface area contributed by atoms with Crippen molar-refractivity contribution in [3.8, 4) is 0 Å². The van der Waals surface area contributed by atoms with Crippen LogP contribution in [0.5, 0.6) is 0 Å². The summed E-state index contributed by atoms with van der Waals surface area (Å²) >= 11 is 0. The quantitative estimate of drug-likeness (QED) is 0.173. The van der Waals surface area contributed by atoms with Gasteiger partial charge < -0.3 is 20.2 Å². The number of hydrogen-bond acceptors (Lipinski definition) is 6. The van der Waals surface area contributed by atoms with Crippen LogP contribution in [0.3, 0.4) is 0 Å². The third-order valence-corrected chi connectivity index (χ3v) is 8.96. The monoisotopic (exact) mass is 610 g/mol. The van der Waals surface area contributed by atoms with Crippen molar-refractivity contribution in [3.05, 3.63) is 30.3 Å². The first kappa shape index (κ1) is 37.2. The molecule has 1 aliphatic heterocycles. The summed E-state index contributed by atoms with van der Waals surface area (Å²) in [7, 11) is 2.08. The molecule has 1 saturated heterocycles. The molecule has 1 aromatic carbocycles. The van der Waals surface area contributed by atoms with Crippen LogP contribution in [0.25, 0.3) is 6.08 Å². The molecule has 0 radical (unpaired) electrons. The number of amides is 2. The van der Waals surface area contributed by atoms with E-state index in [2.05, 4.69) is 40.9 Å². The first-order chi connectivity index (χ1) is 21.0. The number of nitrogens with one attached hydrogen (secondary N) is 2. The topological polar surface area (TPSA) is 100 Å². The smallest absolute Gasteiger partial charge is 0.407 e. The highest BCUT2D eigenvalue weighted by Gasteiger charge is 2.41. The first-order valence-electron chi connectivity index (χ1n) is 16.6. The van der Waals surface area contributed by atoms with Gasteiger partial charge in [-0.05, 0) is 103 Å². The van der Waals surface area contributed by atoms with Crippen molar-refractivity contribution in [3.63, 3.8) is 0 Å². The molecule has 0 bridgehead atoms. The van der Waals surface area contributed by atoms with E-state index >= 15 is 0 Å². The van der Waals surface area contributed by atoms with E-state index < -0.39 is 5.60 Å². The summed E-state index contributed by atoms with van der Waals surface area (Å²) in [6, 6.07) is 5.78. The number of benzene rings is 1. The summed E-state index contributed by atoms with van der Waals surface area (Å²) in [6.45, 7) is 18.0. The van der Waals surface area contributed by atoms with Gasteiger partial charge in [-0.15, -0.1) is 0 Å². The normalized spacial score (nSPS) is 20.4. The van der Waals surface area contributed by atoms with Crippen LogP contribution in [-0.4, -0.2) is 61.2 Å². The van der Waals surface area contributed by atoms with Crippen LogP contribution in [-0.2, 0) is 14.3 Å². The van der Waals surface area contributed by atoms with Gasteiger partial charge >= 0.3 is 6.09 Å². The van der Waals surface area contributed by atoms with Gasteiger partial charge in [0.05, 0.1) is 11.7 Å². The average molecular weight is 611 g/mol. The molecular weight excluding hydrogens is 552 g/mol. The van der Waals surface area contributed by atoms with Crippen molar-refractivity contribution >= 4 is 42.5 Å². The van der Waals surface area contributed by atoms with E-state index in [4.69, 9.17) is 4.74 Å². The Bertz CT molecular complexity index is 1080. The molecule has 0 aromatic heterocycles. The number of likely N-dealkylation sites (tertiary alicyclic amines) is 1. The highest BCUT2D eigenvalue weighted by molar-refractivity contribution is 5.96. The van der Waals surface area contributed by atoms with Gasteiger partial charge in [-0.2, -0.15) is 0 Å². The highest BCUT2D eigenvalue weighted by Crippen LogP contribution is 2.38. The molecule has 4 atom stereocenters. The molecule has 246 valence electrons. The van der Waals surface area contributed by atoms with Gasteiger partial charge in [0.15, 0.2) is 0 Å². The minimum absolute atomic E-state index is 0.0208. The molecule has 8 nitrogen and oxygen atoms in total. The van der Waals surface area contributed by atoms with E-state index in [0.717, 1.165) is 68.3 Å². The maximum absolute atomic E-state index is 13.0. The Labute approximate surface area is 266 Å². The Balaban J connectivity index is 0.000000321. The second kappa shape index (κ2) is 18.7. The van der Waals surface area contributed by atoms with E-state index in [1.54, 1.807) is 6.08 Å². The summed E-state index contributed by atoms with van der Waals surface area (Å²) in [5, 5.41) is 6.00. The highest BCUT2D eigenvalue weighted by atomic mass is 16.6. The van der Waals surface area contributed by atoms with E-state index in [-0.39, 0.29) is 30.0 Å². The molecule has 1 aliphatic carbocycles. The van der Waals surface area contributed by atoms with Crippen LogP contribution in [0.1, 0.15) is 111 Å². The molecule has 3 rings (SSSR count). The molecule has 4 unspecified atom stereocenters. The SMILES string of the molecule is C=Cc1cc(NC(=O)C2C(C3CCCCC3)CCN2C)ccc1N=C.CCC(C=O)CCCC(CC)NC(=O)OC(C)(C)C. The molecule has 1 heterocycles. The van der Waals surface area contributed by atoms with Crippen LogP contribution in [0.4, 0.5) is 16.2 Å². The molecule has 1 aromatic rings. The molecule has 2 N–H and O–H groups in total. The van der Waals surface area contributed by atoms with Gasteiger partial charge in [0.2, 0.25) is 5.91 Å². The Kier molecular flexibility index (Phi) is 15.8. The number of anilines is 1. The summed E-state index contributed by atoms with van der Waals surface area (Å²) in [5.74, 6) is 1.45. The van der Waals surface area contributed by atoms with Crippen molar-refractivity contribution in [1.29, 1.82) is 0 Å². The number of ether oxygens (including phenoxy) is 1. The van der Waals surface area contributed by atoms with E-state index in [1.165, 1.54) is 32.1 Å². The lowest BCUT2D eigenvalue weighted by Gasteiger charge is -2.32. The van der Waals surface area contributed by atoms with Gasteiger partial charge in [0.1, 0.15) is 11.9 Å². The van der Waals surface area contributed by atoms with Gasteiger partial charge in [-0.1, -0.05) is 65.0 Å². The number of nitrogens with zero attached hydrogens (tertiary/aromatic N) is 2. The minimum atomic E-state index is -0.465. The third kappa shape index (κ3) is 12.2. The fraction of sp³-hybridized carbons (Fsp3) is 0.667. The van der Waals surface area contributed by atoms with Crippen molar-refractivity contribution in [2.45, 2.75) is 123 Å². The van der Waals surface area contributed by atoms with Crippen LogP contribution in [0.2, 0.25) is 0 Å². The van der Waals surface area contributed by atoms with Gasteiger partial charge in [-0.25, -0.2) is 4.79 Å². The molecule has 8 heteroatoms. The van der Waals surface area contributed by atoms with Crippen molar-refractivity contribution < 1.29 is 19.1 Å². The fourth-order valence-corrected chi connectivity index (χ4v) is 6.43. The number of likely N-dealkylation sites (N-methyl/N-ethyl adjacent to an activating group) is 1. The molecule has 0 spiro atoms. The second-order valence-corrected chi connectivity index (χ2v) is 13.4. The van der Waals surface area contributed by atoms with Crippen LogP contribution >= 0.6 is 0 Å². The summed E-state index contributed by atoms with van der Waals surface area (Å²) < 4.78 is 5.23. The Morgan fingerprint density at radius 2 is 1.82 bits per heavy atom. The number of aliphatic imine (C=N–C) groups is 1. The molecular formula is C36H58N4O4. The van der Waals surface area contributed by atoms with Crippen molar-refractivity contribution in [1.82, 2.24) is 10.2 Å². The lowest BCUT2D eigenvalue weighted by Crippen LogP contribution is -2.43. The summed E-state index contributed by atoms with van der Waals surface area (Å²) in [4.78, 5) is 41.6. The van der Waals surface area contributed by atoms with Crippen molar-refractivity contribution in [2.24, 2.45) is 22.7 Å². The van der Waals surface area contributed by atoms with E-state index in [9.17, 15) is 14.4 Å². The summed E-state index contributed by atoms with van der Waals surface area (Å²) in [6.07, 6.45) is 14.6. The average Bonchev–Trinajstić information content (AvgIpc) is 3.39. The lowest BCUT2D eigenvalue weighted by atomic mass is 9.76. The zero-order valence-electron chi connectivity index (χ0n) is 28.2. The number of carbonyl (C=O) groups is 3. The predicted octanol–water partition coefficient (Wildman–Crippen LogP) is 8.19. The largest absolute Gasteiger partial charge is 0.444 e. The number of aldehydes is 1. The molecule has 2 amide bonds. The Morgan fingerprint density at radius 1 is 1.11 bits per heavy atom. The van der Waals surface area contributed by atoms with E-state index in [0.29, 0.717) is 11.8 Å². The molecule has 2 aliphatic rings. The zero-order valence-corrected chi connectivity index (χ0v) is 28.2. The van der Waals surface area contributed by atoms with Crippen LogP contribution in [0.15, 0.2) is 29.8 Å². The van der Waals surface area contributed by atoms with Crippen LogP contribution < -0.4 is 10.6 Å². The number of alkyl carbamates (subject to hydrolysis) is 1.